The summed E-state index contributed by atoms with van der Waals surface area (Å²) in [4.78, 5) is 4.80. The summed E-state index contributed by atoms with van der Waals surface area (Å²) in [7, 11) is 0. The summed E-state index contributed by atoms with van der Waals surface area (Å²) in [5.41, 5.74) is 2.47. The van der Waals surface area contributed by atoms with Crippen molar-refractivity contribution in [2.45, 2.75) is 37.2 Å². The summed E-state index contributed by atoms with van der Waals surface area (Å²) in [6.45, 7) is 3.89. The first-order chi connectivity index (χ1) is 12.2. The molecule has 4 rings (SSSR count). The van der Waals surface area contributed by atoms with E-state index in [9.17, 15) is 10.2 Å². The maximum atomic E-state index is 10.4. The van der Waals surface area contributed by atoms with Crippen LogP contribution in [-0.2, 0) is 0 Å². The zero-order chi connectivity index (χ0) is 17.4. The van der Waals surface area contributed by atoms with E-state index in [1.54, 1.807) is 0 Å². The van der Waals surface area contributed by atoms with E-state index in [0.717, 1.165) is 13.1 Å². The highest BCUT2D eigenvalue weighted by molar-refractivity contribution is 5.29. The second-order valence-corrected chi connectivity index (χ2v) is 7.27. The van der Waals surface area contributed by atoms with Gasteiger partial charge in [0.1, 0.15) is 0 Å². The molecule has 0 radical (unpaired) electrons. The van der Waals surface area contributed by atoms with Gasteiger partial charge < -0.3 is 10.2 Å². The predicted molar refractivity (Wildman–Crippen MR) is 98.1 cm³/mol. The van der Waals surface area contributed by atoms with Crippen LogP contribution >= 0.6 is 0 Å². The Bertz CT molecular complexity index is 694. The minimum absolute atomic E-state index is 0.0731. The van der Waals surface area contributed by atoms with Crippen LogP contribution in [0.1, 0.15) is 30.1 Å². The lowest BCUT2D eigenvalue weighted by Gasteiger charge is -2.61. The fraction of sp³-hybridized carbons (Fsp3) is 0.429. The van der Waals surface area contributed by atoms with Gasteiger partial charge in [-0.2, -0.15) is 0 Å². The van der Waals surface area contributed by atoms with E-state index in [2.05, 4.69) is 53.1 Å². The average Bonchev–Trinajstić information content (AvgIpc) is 2.61. The van der Waals surface area contributed by atoms with Crippen molar-refractivity contribution >= 4 is 0 Å². The van der Waals surface area contributed by atoms with Gasteiger partial charge in [-0.05, 0) is 18.1 Å². The molecule has 2 fully saturated rings. The van der Waals surface area contributed by atoms with Gasteiger partial charge in [0.15, 0.2) is 0 Å². The van der Waals surface area contributed by atoms with Crippen LogP contribution in [0.15, 0.2) is 60.7 Å². The monoisotopic (exact) mass is 338 g/mol. The fourth-order valence-electron chi connectivity index (χ4n) is 4.34. The highest BCUT2D eigenvalue weighted by atomic mass is 16.3. The molecule has 2 heterocycles. The molecule has 2 aromatic carbocycles. The van der Waals surface area contributed by atoms with Gasteiger partial charge in [0, 0.05) is 25.2 Å². The Morgan fingerprint density at radius 1 is 0.920 bits per heavy atom. The van der Waals surface area contributed by atoms with Crippen molar-refractivity contribution in [1.29, 1.82) is 0 Å². The maximum Gasteiger partial charge on any atom is 0.0864 e. The number of nitrogens with zero attached hydrogens (tertiary/aromatic N) is 2. The van der Waals surface area contributed by atoms with Gasteiger partial charge in [-0.1, -0.05) is 60.7 Å². The van der Waals surface area contributed by atoms with Crippen LogP contribution in [0.4, 0.5) is 0 Å². The van der Waals surface area contributed by atoms with Crippen LogP contribution < -0.4 is 0 Å². The Balaban J connectivity index is 1.59. The molecule has 0 aromatic heterocycles. The molecule has 2 aliphatic heterocycles. The van der Waals surface area contributed by atoms with Gasteiger partial charge in [-0.25, -0.2) is 0 Å². The number of rotatable bonds is 5. The van der Waals surface area contributed by atoms with Gasteiger partial charge in [0.2, 0.25) is 0 Å². The lowest BCUT2D eigenvalue weighted by Crippen LogP contribution is -2.70. The number of hydrogen-bond donors (Lipinski definition) is 2. The molecule has 0 spiro atoms. The maximum absolute atomic E-state index is 10.4. The lowest BCUT2D eigenvalue weighted by molar-refractivity contribution is -0.157. The van der Waals surface area contributed by atoms with Gasteiger partial charge >= 0.3 is 0 Å². The minimum atomic E-state index is -0.303. The molecule has 132 valence electrons. The molecule has 2 N–H and O–H groups in total. The first-order valence-corrected chi connectivity index (χ1v) is 9.11. The first kappa shape index (κ1) is 16.7. The van der Waals surface area contributed by atoms with E-state index in [1.165, 1.54) is 11.1 Å². The third kappa shape index (κ3) is 2.89. The summed E-state index contributed by atoms with van der Waals surface area (Å²) in [5.74, 6) is 0. The molecule has 0 amide bonds. The molecule has 2 saturated heterocycles. The summed E-state index contributed by atoms with van der Waals surface area (Å²) in [5, 5.41) is 20.0. The highest BCUT2D eigenvalue weighted by Gasteiger charge is 2.52. The van der Waals surface area contributed by atoms with Crippen LogP contribution in [0, 0.1) is 0 Å². The van der Waals surface area contributed by atoms with E-state index in [1.807, 2.05) is 24.3 Å². The largest absolute Gasteiger partial charge is 0.395 e. The molecule has 0 saturated carbocycles. The molecule has 5 atom stereocenters. The Labute approximate surface area is 149 Å². The summed E-state index contributed by atoms with van der Waals surface area (Å²) in [6, 6.07) is 21.7. The van der Waals surface area contributed by atoms with Crippen LogP contribution in [0.5, 0.6) is 0 Å². The molecule has 4 heteroatoms. The fourth-order valence-corrected chi connectivity index (χ4v) is 4.34. The SMILES string of the molecule is C[C@@H](CO)N1C[C@H](N2C[C@@H](O)[C@H]2c2ccccc2)[C@@H]1c1ccccc1. The zero-order valence-corrected chi connectivity index (χ0v) is 14.6. The molecule has 4 nitrogen and oxygen atoms in total. The van der Waals surface area contributed by atoms with Gasteiger partial charge in [0.25, 0.3) is 0 Å². The molecule has 0 bridgehead atoms. The second-order valence-electron chi connectivity index (χ2n) is 7.27. The molecule has 0 aliphatic carbocycles. The molecule has 2 aromatic rings. The van der Waals surface area contributed by atoms with Crippen LogP contribution in [0.2, 0.25) is 0 Å². The van der Waals surface area contributed by atoms with Crippen LogP contribution in [0.3, 0.4) is 0 Å². The highest BCUT2D eigenvalue weighted by Crippen LogP contribution is 2.46. The Kier molecular flexibility index (Phi) is 4.61. The molecular weight excluding hydrogens is 312 g/mol. The minimum Gasteiger partial charge on any atom is -0.395 e. The standard InChI is InChI=1S/C21H26N2O2/c1-15(14-24)22-12-18(20(22)16-8-4-2-5-9-16)23-13-19(25)21(23)17-10-6-3-7-11-17/h2-11,15,18-21,24-25H,12-14H2,1H3/t15-,18-,19+,20-,21+/m0/s1. The Morgan fingerprint density at radius 3 is 2.00 bits per heavy atom. The molecule has 0 unspecified atom stereocenters. The third-order valence-electron chi connectivity index (χ3n) is 5.78. The van der Waals surface area contributed by atoms with E-state index < -0.39 is 0 Å². The van der Waals surface area contributed by atoms with Crippen molar-refractivity contribution in [2.75, 3.05) is 19.7 Å². The van der Waals surface area contributed by atoms with E-state index in [4.69, 9.17) is 0 Å². The number of benzene rings is 2. The normalized spacial score (nSPS) is 31.2. The smallest absolute Gasteiger partial charge is 0.0864 e. The zero-order valence-electron chi connectivity index (χ0n) is 14.6. The van der Waals surface area contributed by atoms with Crippen LogP contribution in [-0.4, -0.2) is 57.9 Å². The van der Waals surface area contributed by atoms with Crippen molar-refractivity contribution in [1.82, 2.24) is 9.80 Å². The van der Waals surface area contributed by atoms with E-state index in [-0.39, 0.29) is 30.8 Å². The second kappa shape index (κ2) is 6.89. The van der Waals surface area contributed by atoms with E-state index in [0.29, 0.717) is 6.04 Å². The summed E-state index contributed by atoms with van der Waals surface area (Å²) < 4.78 is 0. The van der Waals surface area contributed by atoms with Crippen molar-refractivity contribution in [3.05, 3.63) is 71.8 Å². The number of hydrogen-bond acceptors (Lipinski definition) is 4. The quantitative estimate of drug-likeness (QED) is 0.878. The number of likely N-dealkylation sites (tertiary alicyclic amines) is 2. The van der Waals surface area contributed by atoms with Crippen molar-refractivity contribution in [2.24, 2.45) is 0 Å². The third-order valence-corrected chi connectivity index (χ3v) is 5.78. The van der Waals surface area contributed by atoms with Crippen LogP contribution in [0.25, 0.3) is 0 Å². The molecule has 2 aliphatic rings. The lowest BCUT2D eigenvalue weighted by atomic mass is 9.81. The van der Waals surface area contributed by atoms with E-state index >= 15 is 0 Å². The Hall–Kier alpha value is -1.72. The van der Waals surface area contributed by atoms with Crippen molar-refractivity contribution in [3.8, 4) is 0 Å². The van der Waals surface area contributed by atoms with Gasteiger partial charge in [0.05, 0.1) is 24.8 Å². The van der Waals surface area contributed by atoms with Gasteiger partial charge in [-0.15, -0.1) is 0 Å². The average molecular weight is 338 g/mol. The predicted octanol–water partition coefficient (Wildman–Crippen LogP) is 2.21. The molecular formula is C21H26N2O2. The van der Waals surface area contributed by atoms with Gasteiger partial charge in [-0.3, -0.25) is 9.80 Å². The summed E-state index contributed by atoms with van der Waals surface area (Å²) in [6.07, 6.45) is -0.303. The summed E-state index contributed by atoms with van der Waals surface area (Å²) >= 11 is 0. The van der Waals surface area contributed by atoms with Crippen molar-refractivity contribution in [3.63, 3.8) is 0 Å². The number of aliphatic hydroxyl groups excluding tert-OH is 2. The topological polar surface area (TPSA) is 46.9 Å². The van der Waals surface area contributed by atoms with Crippen molar-refractivity contribution < 1.29 is 10.2 Å². The first-order valence-electron chi connectivity index (χ1n) is 9.11. The Morgan fingerprint density at radius 2 is 1.48 bits per heavy atom. The molecule has 25 heavy (non-hydrogen) atoms. The number of aliphatic hydroxyl groups is 2. The number of β-amino-alcohol motifs (C(OH)–C–C–N with tert-alkyl or cyclic N) is 1.